The second-order valence-corrected chi connectivity index (χ2v) is 18.5. The number of rotatable bonds is 6. The van der Waals surface area contributed by atoms with Crippen LogP contribution < -0.4 is 35.4 Å². The summed E-state index contributed by atoms with van der Waals surface area (Å²) in [5, 5.41) is 9.03. The number of halogens is 2. The van der Waals surface area contributed by atoms with Gasteiger partial charge in [0.15, 0.2) is 0 Å². The summed E-state index contributed by atoms with van der Waals surface area (Å²) in [6.07, 6.45) is 14.9. The van der Waals surface area contributed by atoms with Crippen LogP contribution in [0.4, 0.5) is 0 Å². The van der Waals surface area contributed by atoms with Crippen LogP contribution in [-0.4, -0.2) is 22.6 Å². The van der Waals surface area contributed by atoms with Crippen molar-refractivity contribution in [3.8, 4) is 0 Å². The van der Waals surface area contributed by atoms with Crippen molar-refractivity contribution >= 4 is 48.0 Å². The van der Waals surface area contributed by atoms with Gasteiger partial charge in [0, 0.05) is 0 Å². The fourth-order valence-electron chi connectivity index (χ4n) is 7.20. The molecule has 0 bridgehead atoms. The van der Waals surface area contributed by atoms with Crippen molar-refractivity contribution in [3.05, 3.63) is 72.8 Å². The zero-order chi connectivity index (χ0) is 26.5. The van der Waals surface area contributed by atoms with Crippen LogP contribution in [0, 0.1) is 0 Å². The molecule has 220 valence electrons. The molecule has 0 radical (unpaired) electrons. The molecule has 0 amide bonds. The second-order valence-electron chi connectivity index (χ2n) is 12.3. The van der Waals surface area contributed by atoms with E-state index in [0.717, 1.165) is 22.6 Å². The van der Waals surface area contributed by atoms with Crippen LogP contribution in [0.3, 0.4) is 0 Å². The standard InChI is InChI=1S/C21H28P.C15H20P.2ClH.Zr/c1-3-11-19(12-4-1)22(20-13-5-2-6-14-20)21-15-17-9-7-8-10-18(17)16-21;1-11(2)16(12(3)4)15-9-13-7-5-6-8-14(13)10-15;;;/h7-10,15-16,19-20H,1-6,11-14H2;5-12H,1-4H3;2*1H;/q2*-1;;;+4/p-2. The maximum atomic E-state index is 2.55. The van der Waals surface area contributed by atoms with Crippen LogP contribution in [0.15, 0.2) is 72.8 Å². The predicted octanol–water partition coefficient (Wildman–Crippen LogP) is 4.82. The Morgan fingerprint density at radius 1 is 0.585 bits per heavy atom. The van der Waals surface area contributed by atoms with Crippen LogP contribution in [0.1, 0.15) is 91.9 Å². The zero-order valence-electron chi connectivity index (χ0n) is 25.5. The Morgan fingerprint density at radius 2 is 0.976 bits per heavy atom. The van der Waals surface area contributed by atoms with E-state index < -0.39 is 0 Å². The third-order valence-corrected chi connectivity index (χ3v) is 15.4. The fraction of sp³-hybridized carbons (Fsp3) is 0.500. The molecule has 0 aliphatic heterocycles. The van der Waals surface area contributed by atoms with Gasteiger partial charge in [0.1, 0.15) is 0 Å². The van der Waals surface area contributed by atoms with E-state index in [2.05, 4.69) is 100 Å². The molecule has 2 aliphatic carbocycles. The molecule has 6 rings (SSSR count). The van der Waals surface area contributed by atoms with E-state index in [1.807, 2.05) is 0 Å². The first-order chi connectivity index (χ1) is 18.5. The molecule has 2 aliphatic rings. The SMILES string of the molecule is CC(C)P(c1cc2ccccc2[cH-]1)C(C)C.[Cl-].[Cl-].[Zr+4].c1ccc2[cH-]c(P(C3CCCCC3)C3CCCCC3)cc2c1. The third-order valence-electron chi connectivity index (χ3n) is 8.85. The average Bonchev–Trinajstić information content (AvgIpc) is 3.54. The molecule has 0 nitrogen and oxygen atoms in total. The van der Waals surface area contributed by atoms with Gasteiger partial charge in [-0.3, -0.25) is 0 Å². The van der Waals surface area contributed by atoms with Gasteiger partial charge in [-0.1, -0.05) is 94.2 Å². The van der Waals surface area contributed by atoms with E-state index in [4.69, 9.17) is 0 Å². The largest absolute Gasteiger partial charge is 4.00 e. The van der Waals surface area contributed by atoms with Crippen molar-refractivity contribution in [2.75, 3.05) is 0 Å². The summed E-state index contributed by atoms with van der Waals surface area (Å²) in [4.78, 5) is 0. The van der Waals surface area contributed by atoms with Crippen LogP contribution in [0.25, 0.3) is 21.5 Å². The minimum Gasteiger partial charge on any atom is -1.00 e. The third kappa shape index (κ3) is 9.49. The Bertz CT molecular complexity index is 1190. The van der Waals surface area contributed by atoms with Gasteiger partial charge in [0.05, 0.1) is 0 Å². The van der Waals surface area contributed by atoms with Gasteiger partial charge in [0.2, 0.25) is 0 Å². The molecule has 2 fully saturated rings. The van der Waals surface area contributed by atoms with Gasteiger partial charge >= 0.3 is 26.2 Å². The van der Waals surface area contributed by atoms with E-state index in [1.54, 1.807) is 10.6 Å². The van der Waals surface area contributed by atoms with Crippen molar-refractivity contribution in [3.63, 3.8) is 0 Å². The van der Waals surface area contributed by atoms with Gasteiger partial charge in [-0.2, -0.15) is 12.1 Å². The molecule has 2 saturated carbocycles. The van der Waals surface area contributed by atoms with Crippen LogP contribution in [0.2, 0.25) is 0 Å². The molecular formula is C36H48Cl2P2Zr. The number of hydrogen-bond acceptors (Lipinski definition) is 0. The summed E-state index contributed by atoms with van der Waals surface area (Å²) >= 11 is 0. The summed E-state index contributed by atoms with van der Waals surface area (Å²) in [6, 6.07) is 27.5. The van der Waals surface area contributed by atoms with Gasteiger partial charge in [0.25, 0.3) is 0 Å². The minimum atomic E-state index is -0.0206. The molecule has 41 heavy (non-hydrogen) atoms. The molecule has 5 heteroatoms. The van der Waals surface area contributed by atoms with E-state index in [-0.39, 0.29) is 66.9 Å². The smallest absolute Gasteiger partial charge is 1.00 e. The second kappa shape index (κ2) is 18.1. The quantitative estimate of drug-likeness (QED) is 0.200. The van der Waals surface area contributed by atoms with E-state index in [1.165, 1.54) is 85.8 Å². The molecule has 0 unspecified atom stereocenters. The Balaban J connectivity index is 0.000000279. The molecule has 4 aromatic rings. The molecule has 0 N–H and O–H groups in total. The van der Waals surface area contributed by atoms with Crippen molar-refractivity contribution < 1.29 is 51.0 Å². The van der Waals surface area contributed by atoms with Crippen LogP contribution in [0.5, 0.6) is 0 Å². The summed E-state index contributed by atoms with van der Waals surface area (Å²) in [6.45, 7) is 9.40. The Morgan fingerprint density at radius 3 is 1.39 bits per heavy atom. The van der Waals surface area contributed by atoms with Gasteiger partial charge in [-0.25, -0.2) is 0 Å². The summed E-state index contributed by atoms with van der Waals surface area (Å²) in [5.74, 6) is 0. The molecule has 0 saturated heterocycles. The Hall–Kier alpha value is -0.0169. The monoisotopic (exact) mass is 702 g/mol. The zero-order valence-corrected chi connectivity index (χ0v) is 31.2. The molecular weight excluding hydrogens is 656 g/mol. The molecule has 4 aromatic carbocycles. The molecule has 0 spiro atoms. The number of fused-ring (bicyclic) bond motifs is 2. The van der Waals surface area contributed by atoms with Crippen molar-refractivity contribution in [2.24, 2.45) is 0 Å². The van der Waals surface area contributed by atoms with E-state index in [0.29, 0.717) is 0 Å². The van der Waals surface area contributed by atoms with Crippen LogP contribution in [-0.2, 0) is 26.2 Å². The summed E-state index contributed by atoms with van der Waals surface area (Å²) in [7, 11) is 0.0405. The topological polar surface area (TPSA) is 0 Å². The minimum absolute atomic E-state index is 0. The van der Waals surface area contributed by atoms with Crippen molar-refractivity contribution in [1.29, 1.82) is 0 Å². The maximum absolute atomic E-state index is 2.55. The van der Waals surface area contributed by atoms with E-state index in [9.17, 15) is 0 Å². The fourth-order valence-corrected chi connectivity index (χ4v) is 14.0. The van der Waals surface area contributed by atoms with Crippen molar-refractivity contribution in [1.82, 2.24) is 0 Å². The Kier molecular flexibility index (Phi) is 16.4. The first-order valence-corrected chi connectivity index (χ1v) is 18.3. The summed E-state index contributed by atoms with van der Waals surface area (Å²) in [5.41, 5.74) is 3.57. The first kappa shape index (κ1) is 37.2. The number of benzene rings is 2. The molecule has 0 atom stereocenters. The van der Waals surface area contributed by atoms with Crippen molar-refractivity contribution in [2.45, 2.75) is 115 Å². The summed E-state index contributed by atoms with van der Waals surface area (Å²) < 4.78 is 0. The van der Waals surface area contributed by atoms with Gasteiger partial charge in [-0.05, 0) is 48.3 Å². The molecule has 0 aromatic heterocycles. The predicted molar refractivity (Wildman–Crippen MR) is 176 cm³/mol. The first-order valence-electron chi connectivity index (χ1n) is 15.4. The van der Waals surface area contributed by atoms with Crippen LogP contribution >= 0.6 is 15.8 Å². The van der Waals surface area contributed by atoms with Gasteiger partial charge in [-0.15, -0.1) is 80.7 Å². The normalized spacial score (nSPS) is 16.4. The molecule has 0 heterocycles. The maximum Gasteiger partial charge on any atom is 4.00 e. The van der Waals surface area contributed by atoms with E-state index >= 15 is 0 Å². The Labute approximate surface area is 284 Å². The number of hydrogen-bond donors (Lipinski definition) is 0. The van der Waals surface area contributed by atoms with Gasteiger partial charge < -0.3 is 24.8 Å². The average molecular weight is 705 g/mol.